The van der Waals surface area contributed by atoms with E-state index in [1.165, 1.54) is 0 Å². The molecule has 0 fully saturated rings. The van der Waals surface area contributed by atoms with Crippen LogP contribution in [-0.2, 0) is 4.79 Å². The van der Waals surface area contributed by atoms with Crippen molar-refractivity contribution in [3.05, 3.63) is 12.2 Å². The van der Waals surface area contributed by atoms with E-state index in [2.05, 4.69) is 45.2 Å². The molecule has 2 atom stereocenters. The monoisotopic (exact) mass is 253 g/mol. The number of hydrogen-bond donors (Lipinski definition) is 1. The predicted octanol–water partition coefficient (Wildman–Crippen LogP) is 4.17. The van der Waals surface area contributed by atoms with E-state index in [1.807, 2.05) is 6.92 Å². The van der Waals surface area contributed by atoms with Crippen molar-refractivity contribution in [2.24, 2.45) is 17.8 Å². The fourth-order valence-electron chi connectivity index (χ4n) is 2.67. The van der Waals surface area contributed by atoms with Crippen LogP contribution in [-0.4, -0.2) is 12.5 Å². The molecule has 0 spiro atoms. The van der Waals surface area contributed by atoms with Gasteiger partial charge in [0.1, 0.15) is 0 Å². The molecule has 0 saturated carbocycles. The van der Waals surface area contributed by atoms with Crippen molar-refractivity contribution in [2.45, 2.75) is 60.3 Å². The lowest BCUT2D eigenvalue weighted by molar-refractivity contribution is -0.128. The third kappa shape index (κ3) is 5.24. The van der Waals surface area contributed by atoms with Crippen LogP contribution in [0.3, 0.4) is 0 Å². The summed E-state index contributed by atoms with van der Waals surface area (Å²) in [5.41, 5.74) is 0. The van der Waals surface area contributed by atoms with Gasteiger partial charge < -0.3 is 5.32 Å². The topological polar surface area (TPSA) is 29.1 Å². The molecule has 0 aromatic rings. The summed E-state index contributed by atoms with van der Waals surface area (Å²) < 4.78 is 0. The Hall–Kier alpha value is -0.790. The SMILES string of the molecule is CCC=CC(CC)C(C(=O)NCC)C(CC)CC. The first kappa shape index (κ1) is 17.2. The van der Waals surface area contributed by atoms with Crippen LogP contribution in [0.1, 0.15) is 60.3 Å². The summed E-state index contributed by atoms with van der Waals surface area (Å²) in [5, 5.41) is 3.01. The van der Waals surface area contributed by atoms with Crippen LogP contribution in [0.25, 0.3) is 0 Å². The molecule has 0 aliphatic rings. The van der Waals surface area contributed by atoms with Gasteiger partial charge in [-0.2, -0.15) is 0 Å². The van der Waals surface area contributed by atoms with E-state index in [4.69, 9.17) is 0 Å². The lowest BCUT2D eigenvalue weighted by Crippen LogP contribution is -2.38. The van der Waals surface area contributed by atoms with Crippen molar-refractivity contribution in [3.8, 4) is 0 Å². The molecule has 0 radical (unpaired) electrons. The van der Waals surface area contributed by atoms with Crippen molar-refractivity contribution in [1.82, 2.24) is 5.32 Å². The van der Waals surface area contributed by atoms with E-state index in [0.29, 0.717) is 11.8 Å². The third-order valence-electron chi connectivity index (χ3n) is 3.76. The Labute approximate surface area is 113 Å². The van der Waals surface area contributed by atoms with E-state index in [0.717, 1.165) is 32.2 Å². The lowest BCUT2D eigenvalue weighted by Gasteiger charge is -2.29. The van der Waals surface area contributed by atoms with Gasteiger partial charge in [0, 0.05) is 12.5 Å². The summed E-state index contributed by atoms with van der Waals surface area (Å²) in [5.74, 6) is 1.23. The van der Waals surface area contributed by atoms with Crippen LogP contribution in [0.15, 0.2) is 12.2 Å². The van der Waals surface area contributed by atoms with Gasteiger partial charge >= 0.3 is 0 Å². The summed E-state index contributed by atoms with van der Waals surface area (Å²) in [6, 6.07) is 0. The number of carbonyl (C=O) groups excluding carboxylic acids is 1. The van der Waals surface area contributed by atoms with Gasteiger partial charge in [0.05, 0.1) is 0 Å². The lowest BCUT2D eigenvalue weighted by atomic mass is 9.76. The minimum atomic E-state index is 0.132. The van der Waals surface area contributed by atoms with Crippen LogP contribution in [0.4, 0.5) is 0 Å². The Morgan fingerprint density at radius 3 is 2.06 bits per heavy atom. The first-order valence-electron chi connectivity index (χ1n) is 7.60. The summed E-state index contributed by atoms with van der Waals surface area (Å²) in [4.78, 5) is 12.3. The fraction of sp³-hybridized carbons (Fsp3) is 0.812. The van der Waals surface area contributed by atoms with Crippen LogP contribution < -0.4 is 5.32 Å². The zero-order valence-electron chi connectivity index (χ0n) is 12.8. The fourth-order valence-corrected chi connectivity index (χ4v) is 2.67. The average molecular weight is 253 g/mol. The highest BCUT2D eigenvalue weighted by atomic mass is 16.1. The van der Waals surface area contributed by atoms with Gasteiger partial charge in [-0.25, -0.2) is 0 Å². The van der Waals surface area contributed by atoms with Crippen molar-refractivity contribution >= 4 is 5.91 Å². The Kier molecular flexibility index (Phi) is 9.72. The highest BCUT2D eigenvalue weighted by Gasteiger charge is 2.30. The third-order valence-corrected chi connectivity index (χ3v) is 3.76. The molecule has 0 bridgehead atoms. The molecule has 106 valence electrons. The number of carbonyl (C=O) groups is 1. The van der Waals surface area contributed by atoms with Crippen LogP contribution in [0.5, 0.6) is 0 Å². The maximum absolute atomic E-state index is 12.3. The van der Waals surface area contributed by atoms with Crippen LogP contribution in [0.2, 0.25) is 0 Å². The zero-order chi connectivity index (χ0) is 14.0. The summed E-state index contributed by atoms with van der Waals surface area (Å²) in [6.07, 6.45) is 8.68. The first-order chi connectivity index (χ1) is 8.65. The second-order valence-corrected chi connectivity index (χ2v) is 4.91. The smallest absolute Gasteiger partial charge is 0.223 e. The Bertz CT molecular complexity index is 243. The molecule has 0 aromatic heterocycles. The van der Waals surface area contributed by atoms with Crippen LogP contribution in [0, 0.1) is 17.8 Å². The standard InChI is InChI=1S/C16H31NO/c1-6-11-12-14(9-4)15(13(7-2)8-3)16(18)17-10-5/h11-15H,6-10H2,1-5H3,(H,17,18). The number of amides is 1. The predicted molar refractivity (Wildman–Crippen MR) is 79.5 cm³/mol. The summed E-state index contributed by atoms with van der Waals surface area (Å²) in [7, 11) is 0. The van der Waals surface area contributed by atoms with Crippen molar-refractivity contribution in [1.29, 1.82) is 0 Å². The Balaban J connectivity index is 5.02. The molecule has 0 heterocycles. The number of rotatable bonds is 9. The molecule has 2 unspecified atom stereocenters. The number of hydrogen-bond acceptors (Lipinski definition) is 1. The molecule has 1 N–H and O–H groups in total. The second kappa shape index (κ2) is 10.2. The molecular weight excluding hydrogens is 222 g/mol. The van der Waals surface area contributed by atoms with Gasteiger partial charge in [0.2, 0.25) is 5.91 Å². The van der Waals surface area contributed by atoms with Gasteiger partial charge in [-0.3, -0.25) is 4.79 Å². The van der Waals surface area contributed by atoms with Gasteiger partial charge in [-0.15, -0.1) is 0 Å². The van der Waals surface area contributed by atoms with Crippen molar-refractivity contribution in [3.63, 3.8) is 0 Å². The highest BCUT2D eigenvalue weighted by molar-refractivity contribution is 5.79. The molecule has 2 nitrogen and oxygen atoms in total. The zero-order valence-corrected chi connectivity index (χ0v) is 12.8. The first-order valence-corrected chi connectivity index (χ1v) is 7.60. The number of nitrogens with one attached hydrogen (secondary N) is 1. The summed E-state index contributed by atoms with van der Waals surface area (Å²) in [6.45, 7) is 11.4. The normalized spacial score (nSPS) is 15.0. The molecule has 0 aliphatic heterocycles. The molecule has 2 heteroatoms. The highest BCUT2D eigenvalue weighted by Crippen LogP contribution is 2.30. The maximum atomic E-state index is 12.3. The Morgan fingerprint density at radius 2 is 1.67 bits per heavy atom. The van der Waals surface area contributed by atoms with E-state index in [9.17, 15) is 4.79 Å². The van der Waals surface area contributed by atoms with E-state index >= 15 is 0 Å². The summed E-state index contributed by atoms with van der Waals surface area (Å²) >= 11 is 0. The van der Waals surface area contributed by atoms with E-state index in [-0.39, 0.29) is 11.8 Å². The minimum absolute atomic E-state index is 0.132. The van der Waals surface area contributed by atoms with Gasteiger partial charge in [0.25, 0.3) is 0 Å². The molecule has 0 saturated heterocycles. The van der Waals surface area contributed by atoms with Crippen molar-refractivity contribution in [2.75, 3.05) is 6.54 Å². The van der Waals surface area contributed by atoms with Gasteiger partial charge in [-0.1, -0.05) is 52.7 Å². The molecule has 18 heavy (non-hydrogen) atoms. The molecule has 0 aromatic carbocycles. The molecular formula is C16H31NO. The quantitative estimate of drug-likeness (QED) is 0.614. The average Bonchev–Trinajstić information content (AvgIpc) is 2.38. The largest absolute Gasteiger partial charge is 0.356 e. The Morgan fingerprint density at radius 1 is 1.06 bits per heavy atom. The maximum Gasteiger partial charge on any atom is 0.223 e. The minimum Gasteiger partial charge on any atom is -0.356 e. The molecule has 0 rings (SSSR count). The second-order valence-electron chi connectivity index (χ2n) is 4.91. The molecule has 1 amide bonds. The van der Waals surface area contributed by atoms with E-state index in [1.54, 1.807) is 0 Å². The number of allylic oxidation sites excluding steroid dienone is 2. The van der Waals surface area contributed by atoms with Gasteiger partial charge in [-0.05, 0) is 31.6 Å². The van der Waals surface area contributed by atoms with Gasteiger partial charge in [0.15, 0.2) is 0 Å². The van der Waals surface area contributed by atoms with Crippen molar-refractivity contribution < 1.29 is 4.79 Å². The molecule has 0 aliphatic carbocycles. The van der Waals surface area contributed by atoms with E-state index < -0.39 is 0 Å². The van der Waals surface area contributed by atoms with Crippen LogP contribution >= 0.6 is 0 Å².